The lowest BCUT2D eigenvalue weighted by molar-refractivity contribution is -0.147. The predicted molar refractivity (Wildman–Crippen MR) is 203 cm³/mol. The number of unbranched alkanes of at least 4 members (excludes halogenated alkanes) is 16. The molecule has 0 saturated heterocycles. The number of ether oxygens (including phenoxy) is 1. The Morgan fingerprint density at radius 2 is 1.08 bits per heavy atom. The van der Waals surface area contributed by atoms with Crippen molar-refractivity contribution in [3.05, 3.63) is 36.5 Å². The van der Waals surface area contributed by atoms with Gasteiger partial charge in [-0.15, -0.1) is 0 Å². The van der Waals surface area contributed by atoms with E-state index in [1.807, 2.05) is 0 Å². The molecule has 3 unspecified atom stereocenters. The van der Waals surface area contributed by atoms with E-state index in [9.17, 15) is 34.1 Å². The van der Waals surface area contributed by atoms with E-state index < -0.39 is 57.6 Å². The molecule has 0 rings (SSSR count). The zero-order chi connectivity index (χ0) is 37.8. The molecule has 3 atom stereocenters. The number of aliphatic carboxylic acids is 1. The van der Waals surface area contributed by atoms with Gasteiger partial charge in [-0.2, -0.15) is 0 Å². The molecular formula is C39H70NO10P. The van der Waals surface area contributed by atoms with Gasteiger partial charge in [0.25, 0.3) is 0 Å². The molecule has 296 valence electrons. The molecule has 0 saturated carbocycles. The number of nitrogens with one attached hydrogen (secondary N) is 1. The molecule has 1 amide bonds. The molecule has 0 heterocycles. The maximum atomic E-state index is 12.3. The van der Waals surface area contributed by atoms with Gasteiger partial charge in [0.2, 0.25) is 5.91 Å². The molecular weight excluding hydrogens is 673 g/mol. The lowest BCUT2D eigenvalue weighted by atomic mass is 10.1. The fourth-order valence-corrected chi connectivity index (χ4v) is 5.82. The molecule has 51 heavy (non-hydrogen) atoms. The SMILES string of the molecule is CCCCC/C=C\C/C=C\CCCCCCCC(=O)NC(COP(=O)(O)OCC(O)COC(=O)CCCCCCC/C=C\CCCCC)C(=O)O. The highest BCUT2D eigenvalue weighted by molar-refractivity contribution is 7.47. The molecule has 11 nitrogen and oxygen atoms in total. The van der Waals surface area contributed by atoms with Crippen LogP contribution in [0.3, 0.4) is 0 Å². The van der Waals surface area contributed by atoms with Gasteiger partial charge in [-0.1, -0.05) is 115 Å². The second-order valence-corrected chi connectivity index (χ2v) is 14.6. The first-order valence-corrected chi connectivity index (χ1v) is 21.0. The Hall–Kier alpha value is -2.30. The average Bonchev–Trinajstić information content (AvgIpc) is 3.10. The standard InChI is InChI=1S/C39H70NO10P/c1-3-5-7-9-11-13-15-17-18-19-20-22-24-26-28-30-37(42)40-36(39(44)45)34-50-51(46,47)49-33-35(41)32-48-38(43)31-29-27-25-23-21-16-14-12-10-8-6-4-2/h11-14,17-18,35-36,41H,3-10,15-16,19-34H2,1-2H3,(H,40,42)(H,44,45)(H,46,47)/b13-11-,14-12-,18-17-. The van der Waals surface area contributed by atoms with Crippen LogP contribution in [0.4, 0.5) is 0 Å². The molecule has 4 N–H and O–H groups in total. The summed E-state index contributed by atoms with van der Waals surface area (Å²) in [6.07, 6.45) is 34.6. The number of allylic oxidation sites excluding steroid dienone is 6. The quantitative estimate of drug-likeness (QED) is 0.0210. The topological polar surface area (TPSA) is 169 Å². The summed E-state index contributed by atoms with van der Waals surface area (Å²) < 4.78 is 26.7. The van der Waals surface area contributed by atoms with Crippen LogP contribution in [0, 0.1) is 0 Å². The van der Waals surface area contributed by atoms with Crippen LogP contribution in [0.15, 0.2) is 36.5 Å². The minimum Gasteiger partial charge on any atom is -0.480 e. The lowest BCUT2D eigenvalue weighted by Gasteiger charge is -2.18. The Bertz CT molecular complexity index is 1020. The molecule has 0 aliphatic heterocycles. The van der Waals surface area contributed by atoms with Crippen molar-refractivity contribution >= 4 is 25.7 Å². The van der Waals surface area contributed by atoms with E-state index in [1.54, 1.807) is 0 Å². The van der Waals surface area contributed by atoms with Gasteiger partial charge in [0.1, 0.15) is 12.7 Å². The van der Waals surface area contributed by atoms with Crippen LogP contribution in [-0.2, 0) is 32.7 Å². The number of aliphatic hydroxyl groups excluding tert-OH is 1. The highest BCUT2D eigenvalue weighted by Gasteiger charge is 2.28. The van der Waals surface area contributed by atoms with Crippen molar-refractivity contribution in [1.29, 1.82) is 0 Å². The van der Waals surface area contributed by atoms with E-state index in [2.05, 4.69) is 55.6 Å². The molecule has 12 heteroatoms. The lowest BCUT2D eigenvalue weighted by Crippen LogP contribution is -2.43. The number of aliphatic hydroxyl groups is 1. The number of carboxylic acids is 1. The van der Waals surface area contributed by atoms with Crippen LogP contribution in [0.2, 0.25) is 0 Å². The Balaban J connectivity index is 4.00. The number of carbonyl (C=O) groups is 3. The molecule has 0 radical (unpaired) electrons. The van der Waals surface area contributed by atoms with Crippen molar-refractivity contribution in [2.45, 2.75) is 174 Å². The smallest absolute Gasteiger partial charge is 0.472 e. The predicted octanol–water partition coefficient (Wildman–Crippen LogP) is 9.27. The zero-order valence-corrected chi connectivity index (χ0v) is 32.5. The summed E-state index contributed by atoms with van der Waals surface area (Å²) in [5.41, 5.74) is 0. The van der Waals surface area contributed by atoms with Crippen LogP contribution in [0.1, 0.15) is 162 Å². The fraction of sp³-hybridized carbons (Fsp3) is 0.769. The third kappa shape index (κ3) is 34.5. The van der Waals surface area contributed by atoms with E-state index in [4.69, 9.17) is 13.8 Å². The summed E-state index contributed by atoms with van der Waals surface area (Å²) >= 11 is 0. The largest absolute Gasteiger partial charge is 0.480 e. The Morgan fingerprint density at radius 1 is 0.627 bits per heavy atom. The number of rotatable bonds is 36. The van der Waals surface area contributed by atoms with Crippen LogP contribution >= 0.6 is 7.82 Å². The summed E-state index contributed by atoms with van der Waals surface area (Å²) in [6.45, 7) is 2.50. The second kappa shape index (κ2) is 34.8. The summed E-state index contributed by atoms with van der Waals surface area (Å²) in [5.74, 6) is -2.41. The Morgan fingerprint density at radius 3 is 1.61 bits per heavy atom. The molecule has 0 aromatic rings. The number of hydrogen-bond acceptors (Lipinski definition) is 8. The maximum absolute atomic E-state index is 12.3. The number of phosphoric acid groups is 1. The van der Waals surface area contributed by atoms with Crippen LogP contribution in [0.5, 0.6) is 0 Å². The minimum absolute atomic E-state index is 0.129. The van der Waals surface area contributed by atoms with Crippen LogP contribution < -0.4 is 5.32 Å². The van der Waals surface area contributed by atoms with Crippen molar-refractivity contribution in [3.8, 4) is 0 Å². The first-order valence-electron chi connectivity index (χ1n) is 19.5. The van der Waals surface area contributed by atoms with Gasteiger partial charge in [-0.3, -0.25) is 18.6 Å². The van der Waals surface area contributed by atoms with E-state index in [-0.39, 0.29) is 12.8 Å². The van der Waals surface area contributed by atoms with E-state index >= 15 is 0 Å². The van der Waals surface area contributed by atoms with Gasteiger partial charge >= 0.3 is 19.8 Å². The molecule has 0 aliphatic carbocycles. The summed E-state index contributed by atoms with van der Waals surface area (Å²) in [6, 6.07) is -1.55. The first-order chi connectivity index (χ1) is 24.6. The van der Waals surface area contributed by atoms with Crippen molar-refractivity contribution in [2.24, 2.45) is 0 Å². The molecule has 0 aliphatic rings. The maximum Gasteiger partial charge on any atom is 0.472 e. The number of carboxylic acid groups (broad SMARTS) is 1. The highest BCUT2D eigenvalue weighted by Crippen LogP contribution is 2.43. The first kappa shape index (κ1) is 48.7. The number of amides is 1. The number of carbonyl (C=O) groups excluding carboxylic acids is 2. The van der Waals surface area contributed by atoms with Gasteiger partial charge in [0.05, 0.1) is 13.2 Å². The van der Waals surface area contributed by atoms with Gasteiger partial charge in [-0.05, 0) is 70.6 Å². The fourth-order valence-electron chi connectivity index (χ4n) is 5.04. The van der Waals surface area contributed by atoms with Crippen molar-refractivity contribution in [3.63, 3.8) is 0 Å². The van der Waals surface area contributed by atoms with Gasteiger partial charge in [0.15, 0.2) is 6.04 Å². The molecule has 0 aromatic heterocycles. The summed E-state index contributed by atoms with van der Waals surface area (Å²) in [5, 5.41) is 21.7. The van der Waals surface area contributed by atoms with Gasteiger partial charge < -0.3 is 25.2 Å². The minimum atomic E-state index is -4.75. The van der Waals surface area contributed by atoms with Crippen molar-refractivity contribution < 1.29 is 47.8 Å². The number of phosphoric ester groups is 1. The van der Waals surface area contributed by atoms with Gasteiger partial charge in [-0.25, -0.2) is 9.36 Å². The van der Waals surface area contributed by atoms with E-state index in [0.29, 0.717) is 12.8 Å². The van der Waals surface area contributed by atoms with Gasteiger partial charge in [0, 0.05) is 12.8 Å². The highest BCUT2D eigenvalue weighted by atomic mass is 31.2. The zero-order valence-electron chi connectivity index (χ0n) is 31.7. The molecule has 0 aromatic carbocycles. The van der Waals surface area contributed by atoms with E-state index in [1.165, 1.54) is 38.5 Å². The van der Waals surface area contributed by atoms with Crippen LogP contribution in [-0.4, -0.2) is 64.9 Å². The van der Waals surface area contributed by atoms with Crippen molar-refractivity contribution in [2.75, 3.05) is 19.8 Å². The monoisotopic (exact) mass is 743 g/mol. The summed E-state index contributed by atoms with van der Waals surface area (Å²) in [4.78, 5) is 45.7. The molecule has 0 fully saturated rings. The number of esters is 1. The molecule has 0 spiro atoms. The third-order valence-electron chi connectivity index (χ3n) is 8.15. The second-order valence-electron chi connectivity index (χ2n) is 13.1. The Labute approximate surface area is 308 Å². The molecule has 0 bridgehead atoms. The normalized spacial score (nSPS) is 14.3. The van der Waals surface area contributed by atoms with Crippen LogP contribution in [0.25, 0.3) is 0 Å². The number of hydrogen-bond donors (Lipinski definition) is 4. The third-order valence-corrected chi connectivity index (χ3v) is 9.10. The average molecular weight is 744 g/mol. The summed E-state index contributed by atoms with van der Waals surface area (Å²) in [7, 11) is -4.75. The Kier molecular flexibility index (Phi) is 33.2. The van der Waals surface area contributed by atoms with Crippen molar-refractivity contribution in [1.82, 2.24) is 5.32 Å². The van der Waals surface area contributed by atoms with E-state index in [0.717, 1.165) is 83.5 Å².